The fourth-order valence-electron chi connectivity index (χ4n) is 3.69. The molecule has 2 heterocycles. The predicted octanol–water partition coefficient (Wildman–Crippen LogP) is 3.56. The summed E-state index contributed by atoms with van der Waals surface area (Å²) in [6.07, 6.45) is 4.19. The van der Waals surface area contributed by atoms with Gasteiger partial charge in [-0.15, -0.1) is 0 Å². The number of hydrogen-bond acceptors (Lipinski definition) is 4. The minimum absolute atomic E-state index is 0.198. The van der Waals surface area contributed by atoms with Crippen molar-refractivity contribution >= 4 is 5.91 Å². The average Bonchev–Trinajstić information content (AvgIpc) is 3.25. The largest absolute Gasteiger partial charge is 0.483 e. The molecule has 0 saturated heterocycles. The van der Waals surface area contributed by atoms with E-state index in [1.54, 1.807) is 35.2 Å². The number of carbonyl (C=O) groups is 1. The Hall–Kier alpha value is -3.35. The molecule has 1 atom stereocenters. The van der Waals surface area contributed by atoms with Gasteiger partial charge in [-0.25, -0.2) is 9.37 Å². The zero-order chi connectivity index (χ0) is 21.3. The van der Waals surface area contributed by atoms with Gasteiger partial charge < -0.3 is 19.4 Å². The number of hydrogen-bond donors (Lipinski definition) is 1. The van der Waals surface area contributed by atoms with Crippen LogP contribution in [-0.2, 0) is 18.3 Å². The van der Waals surface area contributed by atoms with E-state index in [4.69, 9.17) is 9.47 Å². The number of nitrogens with one attached hydrogen (secondary N) is 1. The van der Waals surface area contributed by atoms with Crippen LogP contribution in [0.2, 0.25) is 0 Å². The van der Waals surface area contributed by atoms with E-state index in [9.17, 15) is 9.18 Å². The van der Waals surface area contributed by atoms with Crippen LogP contribution in [0, 0.1) is 5.82 Å². The maximum atomic E-state index is 13.8. The monoisotopic (exact) mass is 409 g/mol. The van der Waals surface area contributed by atoms with Crippen molar-refractivity contribution in [3.8, 4) is 11.5 Å². The van der Waals surface area contributed by atoms with E-state index < -0.39 is 6.04 Å². The molecular weight excluding hydrogens is 385 g/mol. The van der Waals surface area contributed by atoms with Crippen LogP contribution in [0.4, 0.5) is 4.39 Å². The topological polar surface area (TPSA) is 65.4 Å². The third-order valence-corrected chi connectivity index (χ3v) is 5.02. The molecule has 0 aliphatic carbocycles. The summed E-state index contributed by atoms with van der Waals surface area (Å²) in [4.78, 5) is 17.0. The van der Waals surface area contributed by atoms with E-state index in [1.165, 1.54) is 12.1 Å². The Labute approximate surface area is 174 Å². The molecular formula is C23H24FN3O3. The first-order chi connectivity index (χ1) is 14.3. The molecule has 0 spiro atoms. The van der Waals surface area contributed by atoms with E-state index >= 15 is 0 Å². The number of imidazole rings is 1. The summed E-state index contributed by atoms with van der Waals surface area (Å²) in [6.45, 7) is 3.83. The van der Waals surface area contributed by atoms with Crippen LogP contribution in [0.15, 0.2) is 54.9 Å². The van der Waals surface area contributed by atoms with Gasteiger partial charge in [0, 0.05) is 31.4 Å². The Morgan fingerprint density at radius 2 is 2.13 bits per heavy atom. The SMILES string of the molecule is Cn1ccnc1C(NC(=O)COc1cccc2c1OC(C)(C)C2)c1cccc(F)c1. The number of halogens is 1. The maximum Gasteiger partial charge on any atom is 0.258 e. The van der Waals surface area contributed by atoms with Gasteiger partial charge in [0.25, 0.3) is 5.91 Å². The maximum absolute atomic E-state index is 13.8. The summed E-state index contributed by atoms with van der Waals surface area (Å²) in [5.41, 5.74) is 1.36. The second-order valence-electron chi connectivity index (χ2n) is 8.02. The van der Waals surface area contributed by atoms with E-state index in [2.05, 4.69) is 10.3 Å². The number of fused-ring (bicyclic) bond motifs is 1. The van der Waals surface area contributed by atoms with Crippen LogP contribution < -0.4 is 14.8 Å². The lowest BCUT2D eigenvalue weighted by Gasteiger charge is -2.20. The standard InChI is InChI=1S/C23H24FN3O3/c1-23(2)13-16-7-5-9-18(21(16)30-23)29-14-19(28)26-20(22-25-10-11-27(22)3)15-6-4-8-17(24)12-15/h4-12,20H,13-14H2,1-3H3,(H,26,28). The fourth-order valence-corrected chi connectivity index (χ4v) is 3.69. The number of amides is 1. The van der Waals surface area contributed by atoms with E-state index in [-0.39, 0.29) is 23.9 Å². The summed E-state index contributed by atoms with van der Waals surface area (Å²) in [6, 6.07) is 11.2. The first-order valence-corrected chi connectivity index (χ1v) is 9.78. The van der Waals surface area contributed by atoms with Crippen LogP contribution in [0.3, 0.4) is 0 Å². The average molecular weight is 409 g/mol. The van der Waals surface area contributed by atoms with Crippen LogP contribution in [0.5, 0.6) is 11.5 Å². The molecule has 7 heteroatoms. The molecule has 1 aliphatic rings. The molecule has 156 valence electrons. The Kier molecular flexibility index (Phi) is 5.20. The Morgan fingerprint density at radius 1 is 1.33 bits per heavy atom. The molecule has 0 saturated carbocycles. The highest BCUT2D eigenvalue weighted by molar-refractivity contribution is 5.78. The van der Waals surface area contributed by atoms with Crippen molar-refractivity contribution < 1.29 is 18.7 Å². The van der Waals surface area contributed by atoms with Gasteiger partial charge in [-0.05, 0) is 37.6 Å². The van der Waals surface area contributed by atoms with Crippen LogP contribution in [0.25, 0.3) is 0 Å². The van der Waals surface area contributed by atoms with Crippen molar-refractivity contribution in [2.75, 3.05) is 6.61 Å². The second kappa shape index (κ2) is 7.82. The third kappa shape index (κ3) is 4.15. The molecule has 30 heavy (non-hydrogen) atoms. The molecule has 1 aliphatic heterocycles. The predicted molar refractivity (Wildman–Crippen MR) is 110 cm³/mol. The number of nitrogens with zero attached hydrogens (tertiary/aromatic N) is 2. The van der Waals surface area contributed by atoms with E-state index in [0.717, 1.165) is 12.0 Å². The van der Waals surface area contributed by atoms with Gasteiger partial charge >= 0.3 is 0 Å². The molecule has 1 unspecified atom stereocenters. The van der Waals surface area contributed by atoms with E-state index in [0.29, 0.717) is 22.9 Å². The number of para-hydroxylation sites is 1. The van der Waals surface area contributed by atoms with Crippen molar-refractivity contribution in [2.24, 2.45) is 7.05 Å². The zero-order valence-electron chi connectivity index (χ0n) is 17.2. The smallest absolute Gasteiger partial charge is 0.258 e. The summed E-state index contributed by atoms with van der Waals surface area (Å²) < 4.78 is 27.3. The fraction of sp³-hybridized carbons (Fsp3) is 0.304. The number of ether oxygens (including phenoxy) is 2. The van der Waals surface area contributed by atoms with Crippen molar-refractivity contribution in [1.82, 2.24) is 14.9 Å². The first-order valence-electron chi connectivity index (χ1n) is 9.78. The third-order valence-electron chi connectivity index (χ3n) is 5.02. The van der Waals surface area contributed by atoms with Gasteiger partial charge in [0.05, 0.1) is 0 Å². The molecule has 0 bridgehead atoms. The lowest BCUT2D eigenvalue weighted by atomic mass is 10.0. The highest BCUT2D eigenvalue weighted by Gasteiger charge is 2.32. The van der Waals surface area contributed by atoms with E-state index in [1.807, 2.05) is 33.0 Å². The quantitative estimate of drug-likeness (QED) is 0.676. The number of aromatic nitrogens is 2. The zero-order valence-corrected chi connectivity index (χ0v) is 17.2. The van der Waals surface area contributed by atoms with Gasteiger partial charge in [-0.2, -0.15) is 0 Å². The van der Waals surface area contributed by atoms with Crippen molar-refractivity contribution in [2.45, 2.75) is 31.9 Å². The number of aryl methyl sites for hydroxylation is 1. The van der Waals surface area contributed by atoms with Crippen molar-refractivity contribution in [1.29, 1.82) is 0 Å². The molecule has 6 nitrogen and oxygen atoms in total. The molecule has 1 N–H and O–H groups in total. The van der Waals surface area contributed by atoms with Crippen LogP contribution in [-0.4, -0.2) is 27.7 Å². The number of carbonyl (C=O) groups excluding carboxylic acids is 1. The second-order valence-corrected chi connectivity index (χ2v) is 8.02. The molecule has 3 aromatic rings. The Bertz CT molecular complexity index is 1080. The highest BCUT2D eigenvalue weighted by atomic mass is 19.1. The highest BCUT2D eigenvalue weighted by Crippen LogP contribution is 2.41. The number of rotatable bonds is 6. The Morgan fingerprint density at radius 3 is 2.87 bits per heavy atom. The summed E-state index contributed by atoms with van der Waals surface area (Å²) in [7, 11) is 1.82. The van der Waals surface area contributed by atoms with Gasteiger partial charge in [-0.1, -0.05) is 24.3 Å². The van der Waals surface area contributed by atoms with Gasteiger partial charge in [0.1, 0.15) is 23.3 Å². The molecule has 0 fully saturated rings. The molecule has 2 aromatic carbocycles. The summed E-state index contributed by atoms with van der Waals surface area (Å²) in [5.74, 6) is 1.09. The van der Waals surface area contributed by atoms with Gasteiger partial charge in [0.15, 0.2) is 18.1 Å². The lowest BCUT2D eigenvalue weighted by Crippen LogP contribution is -2.34. The van der Waals surface area contributed by atoms with Crippen molar-refractivity contribution in [3.63, 3.8) is 0 Å². The van der Waals surface area contributed by atoms with Crippen LogP contribution in [0.1, 0.15) is 36.8 Å². The van der Waals surface area contributed by atoms with Crippen LogP contribution >= 0.6 is 0 Å². The minimum atomic E-state index is -0.603. The molecule has 0 radical (unpaired) electrons. The summed E-state index contributed by atoms with van der Waals surface area (Å²) >= 11 is 0. The van der Waals surface area contributed by atoms with Gasteiger partial charge in [-0.3, -0.25) is 4.79 Å². The normalized spacial score (nSPS) is 15.2. The minimum Gasteiger partial charge on any atom is -0.483 e. The summed E-state index contributed by atoms with van der Waals surface area (Å²) in [5, 5.41) is 2.90. The lowest BCUT2D eigenvalue weighted by molar-refractivity contribution is -0.123. The Balaban J connectivity index is 1.50. The van der Waals surface area contributed by atoms with Gasteiger partial charge in [0.2, 0.25) is 0 Å². The van der Waals surface area contributed by atoms with Crippen molar-refractivity contribution in [3.05, 3.63) is 77.6 Å². The number of benzene rings is 2. The molecule has 1 amide bonds. The molecule has 1 aromatic heterocycles. The first kappa shape index (κ1) is 19.9. The molecule has 4 rings (SSSR count).